The third kappa shape index (κ3) is 41.9. The Labute approximate surface area is 342 Å². The zero-order valence-corrected chi connectivity index (χ0v) is 37.6. The monoisotopic (exact) mass is 779 g/mol. The molecule has 0 spiro atoms. The highest BCUT2D eigenvalue weighted by Gasteiger charge is 2.19. The summed E-state index contributed by atoms with van der Waals surface area (Å²) < 4.78 is 16.7. The molecule has 6 nitrogen and oxygen atoms in total. The van der Waals surface area contributed by atoms with Gasteiger partial charge in [0, 0.05) is 19.3 Å². The second-order valence-electron chi connectivity index (χ2n) is 17.5. The van der Waals surface area contributed by atoms with Gasteiger partial charge in [0.05, 0.1) is 0 Å². The number of carbonyl (C=O) groups excluding carboxylic acids is 3. The second kappa shape index (κ2) is 42.0. The fourth-order valence-corrected chi connectivity index (χ4v) is 7.25. The Balaban J connectivity index is 4.23. The van der Waals surface area contributed by atoms with E-state index in [1.165, 1.54) is 154 Å². The van der Waals surface area contributed by atoms with Gasteiger partial charge in [0.2, 0.25) is 0 Å². The van der Waals surface area contributed by atoms with E-state index in [1.807, 2.05) is 0 Å². The summed E-state index contributed by atoms with van der Waals surface area (Å²) in [6.07, 6.45) is 40.9. The van der Waals surface area contributed by atoms with Crippen molar-refractivity contribution in [2.45, 2.75) is 272 Å². The molecule has 0 heterocycles. The molecule has 326 valence electrons. The standard InChI is InChI=1S/C49H94O6/c1-6-8-9-10-11-18-24-29-34-39-47(50)53-42-46(55-49(52)41-36-31-26-21-22-27-32-37-44(3)4)43-54-48(51)40-35-30-25-20-17-15-13-12-14-16-19-23-28-33-38-45(5)7-2/h44-46H,6-43H2,1-5H3/t45?,46-/m0/s1. The lowest BCUT2D eigenvalue weighted by atomic mass is 9.99. The van der Waals surface area contributed by atoms with E-state index in [0.29, 0.717) is 19.3 Å². The molecule has 1 unspecified atom stereocenters. The van der Waals surface area contributed by atoms with E-state index >= 15 is 0 Å². The molecular weight excluding hydrogens is 685 g/mol. The zero-order valence-electron chi connectivity index (χ0n) is 37.6. The average Bonchev–Trinajstić information content (AvgIpc) is 3.17. The Morgan fingerprint density at radius 2 is 0.691 bits per heavy atom. The van der Waals surface area contributed by atoms with Crippen LogP contribution in [0.1, 0.15) is 266 Å². The van der Waals surface area contributed by atoms with Crippen molar-refractivity contribution in [1.29, 1.82) is 0 Å². The third-order valence-corrected chi connectivity index (χ3v) is 11.3. The second-order valence-corrected chi connectivity index (χ2v) is 17.5. The first-order chi connectivity index (χ1) is 26.8. The Morgan fingerprint density at radius 1 is 0.382 bits per heavy atom. The van der Waals surface area contributed by atoms with Crippen molar-refractivity contribution in [3.05, 3.63) is 0 Å². The van der Waals surface area contributed by atoms with Crippen LogP contribution in [0.15, 0.2) is 0 Å². The fraction of sp³-hybridized carbons (Fsp3) is 0.939. The average molecular weight is 779 g/mol. The van der Waals surface area contributed by atoms with E-state index < -0.39 is 6.10 Å². The molecule has 0 aromatic rings. The fourth-order valence-electron chi connectivity index (χ4n) is 7.25. The van der Waals surface area contributed by atoms with Gasteiger partial charge in [0.25, 0.3) is 0 Å². The lowest BCUT2D eigenvalue weighted by molar-refractivity contribution is -0.167. The van der Waals surface area contributed by atoms with Gasteiger partial charge in [-0.3, -0.25) is 14.4 Å². The van der Waals surface area contributed by atoms with Crippen LogP contribution in [0.25, 0.3) is 0 Å². The lowest BCUT2D eigenvalue weighted by Gasteiger charge is -2.18. The van der Waals surface area contributed by atoms with Crippen molar-refractivity contribution in [2.24, 2.45) is 11.8 Å². The number of carbonyl (C=O) groups is 3. The third-order valence-electron chi connectivity index (χ3n) is 11.3. The molecular formula is C49H94O6. The van der Waals surface area contributed by atoms with E-state index in [0.717, 1.165) is 69.6 Å². The van der Waals surface area contributed by atoms with Gasteiger partial charge < -0.3 is 14.2 Å². The molecule has 0 bridgehead atoms. The summed E-state index contributed by atoms with van der Waals surface area (Å²) in [5.74, 6) is 0.815. The maximum absolute atomic E-state index is 12.7. The Morgan fingerprint density at radius 3 is 1.04 bits per heavy atom. The van der Waals surface area contributed by atoms with Crippen molar-refractivity contribution in [3.63, 3.8) is 0 Å². The zero-order chi connectivity index (χ0) is 40.5. The predicted molar refractivity (Wildman–Crippen MR) is 233 cm³/mol. The minimum atomic E-state index is -0.760. The number of hydrogen-bond acceptors (Lipinski definition) is 6. The maximum Gasteiger partial charge on any atom is 0.306 e. The van der Waals surface area contributed by atoms with E-state index in [4.69, 9.17) is 14.2 Å². The van der Waals surface area contributed by atoms with Crippen LogP contribution in [0.2, 0.25) is 0 Å². The summed E-state index contributed by atoms with van der Waals surface area (Å²) in [5, 5.41) is 0. The highest BCUT2D eigenvalue weighted by atomic mass is 16.6. The van der Waals surface area contributed by atoms with E-state index in [2.05, 4.69) is 34.6 Å². The van der Waals surface area contributed by atoms with Crippen molar-refractivity contribution in [2.75, 3.05) is 13.2 Å². The molecule has 0 radical (unpaired) electrons. The van der Waals surface area contributed by atoms with Crippen LogP contribution in [0.3, 0.4) is 0 Å². The normalized spacial score (nSPS) is 12.5. The summed E-state index contributed by atoms with van der Waals surface area (Å²) in [7, 11) is 0. The maximum atomic E-state index is 12.7. The molecule has 0 aromatic carbocycles. The largest absolute Gasteiger partial charge is 0.462 e. The molecule has 2 atom stereocenters. The van der Waals surface area contributed by atoms with Gasteiger partial charge in [-0.05, 0) is 31.1 Å². The van der Waals surface area contributed by atoms with Gasteiger partial charge >= 0.3 is 17.9 Å². The van der Waals surface area contributed by atoms with Crippen LogP contribution in [0, 0.1) is 11.8 Å². The molecule has 0 aliphatic carbocycles. The van der Waals surface area contributed by atoms with Gasteiger partial charge in [-0.2, -0.15) is 0 Å². The number of unbranched alkanes of at least 4 members (excludes halogenated alkanes) is 27. The van der Waals surface area contributed by atoms with E-state index in [-0.39, 0.29) is 31.1 Å². The predicted octanol–water partition coefficient (Wildman–Crippen LogP) is 15.4. The highest BCUT2D eigenvalue weighted by molar-refractivity contribution is 5.71. The number of ether oxygens (including phenoxy) is 3. The first-order valence-corrected chi connectivity index (χ1v) is 24.3. The Bertz CT molecular complexity index is 841. The number of hydrogen-bond donors (Lipinski definition) is 0. The quantitative estimate of drug-likeness (QED) is 0.0348. The van der Waals surface area contributed by atoms with Crippen LogP contribution in [-0.2, 0) is 28.6 Å². The van der Waals surface area contributed by atoms with Gasteiger partial charge in [-0.25, -0.2) is 0 Å². The molecule has 0 aromatic heterocycles. The van der Waals surface area contributed by atoms with Crippen LogP contribution >= 0.6 is 0 Å². The Kier molecular flexibility index (Phi) is 40.8. The Hall–Kier alpha value is -1.59. The summed E-state index contributed by atoms with van der Waals surface area (Å²) in [6, 6.07) is 0. The van der Waals surface area contributed by atoms with Crippen LogP contribution in [0.5, 0.6) is 0 Å². The van der Waals surface area contributed by atoms with Gasteiger partial charge in [-0.15, -0.1) is 0 Å². The molecule has 0 aliphatic rings. The van der Waals surface area contributed by atoms with Crippen molar-refractivity contribution >= 4 is 17.9 Å². The molecule has 0 saturated carbocycles. The lowest BCUT2D eigenvalue weighted by Crippen LogP contribution is -2.30. The highest BCUT2D eigenvalue weighted by Crippen LogP contribution is 2.17. The van der Waals surface area contributed by atoms with Crippen molar-refractivity contribution in [3.8, 4) is 0 Å². The van der Waals surface area contributed by atoms with Crippen molar-refractivity contribution < 1.29 is 28.6 Å². The van der Waals surface area contributed by atoms with Gasteiger partial charge in [0.15, 0.2) is 6.10 Å². The van der Waals surface area contributed by atoms with Gasteiger partial charge in [-0.1, -0.05) is 227 Å². The first kappa shape index (κ1) is 53.4. The van der Waals surface area contributed by atoms with Crippen molar-refractivity contribution in [1.82, 2.24) is 0 Å². The van der Waals surface area contributed by atoms with E-state index in [1.54, 1.807) is 0 Å². The number of rotatable bonds is 43. The van der Waals surface area contributed by atoms with Gasteiger partial charge in [0.1, 0.15) is 13.2 Å². The molecule has 0 N–H and O–H groups in total. The summed E-state index contributed by atoms with van der Waals surface area (Å²) in [6.45, 7) is 11.3. The van der Waals surface area contributed by atoms with E-state index in [9.17, 15) is 14.4 Å². The minimum absolute atomic E-state index is 0.0650. The molecule has 0 amide bonds. The SMILES string of the molecule is CCCCCCCCCCCC(=O)OC[C@@H](COC(=O)CCCCCCCCCCCCCCCCC(C)CC)OC(=O)CCCCCCCCCC(C)C. The van der Waals surface area contributed by atoms with Crippen LogP contribution in [0.4, 0.5) is 0 Å². The smallest absolute Gasteiger partial charge is 0.306 e. The molecule has 0 fully saturated rings. The number of esters is 3. The van der Waals surface area contributed by atoms with Crippen LogP contribution in [-0.4, -0.2) is 37.2 Å². The summed E-state index contributed by atoms with van der Waals surface area (Å²) >= 11 is 0. The molecule has 0 rings (SSSR count). The summed E-state index contributed by atoms with van der Waals surface area (Å²) in [5.41, 5.74) is 0. The minimum Gasteiger partial charge on any atom is -0.462 e. The first-order valence-electron chi connectivity index (χ1n) is 24.3. The molecule has 0 aliphatic heterocycles. The van der Waals surface area contributed by atoms with Crippen LogP contribution < -0.4 is 0 Å². The summed E-state index contributed by atoms with van der Waals surface area (Å²) in [4.78, 5) is 37.7. The topological polar surface area (TPSA) is 78.9 Å². The molecule has 6 heteroatoms. The molecule has 55 heavy (non-hydrogen) atoms. The molecule has 0 saturated heterocycles.